The molecule has 22 heavy (non-hydrogen) atoms. The van der Waals surface area contributed by atoms with E-state index in [1.807, 2.05) is 18.2 Å². The van der Waals surface area contributed by atoms with Crippen LogP contribution in [0.4, 0.5) is 0 Å². The van der Waals surface area contributed by atoms with Gasteiger partial charge in [0.15, 0.2) is 11.5 Å². The first-order valence-electron chi connectivity index (χ1n) is 6.83. The Hall–Kier alpha value is -2.66. The number of benzene rings is 3. The van der Waals surface area contributed by atoms with Crippen LogP contribution in [0.25, 0.3) is 21.5 Å². The van der Waals surface area contributed by atoms with Crippen molar-refractivity contribution in [3.8, 4) is 23.0 Å². The fourth-order valence-electron chi connectivity index (χ4n) is 3.13. The summed E-state index contributed by atoms with van der Waals surface area (Å²) in [5.74, 6) is 1.41. The van der Waals surface area contributed by atoms with Gasteiger partial charge in [-0.2, -0.15) is 0 Å². The molecule has 0 fully saturated rings. The molecule has 0 unspecified atom stereocenters. The van der Waals surface area contributed by atoms with Crippen molar-refractivity contribution in [2.45, 2.75) is 6.29 Å². The maximum atomic E-state index is 10.4. The summed E-state index contributed by atoms with van der Waals surface area (Å²) < 4.78 is 16.1. The van der Waals surface area contributed by atoms with Crippen molar-refractivity contribution in [2.75, 3.05) is 14.2 Å². The molecule has 4 rings (SSSR count). The summed E-state index contributed by atoms with van der Waals surface area (Å²) in [5.41, 5.74) is 0.445. The van der Waals surface area contributed by atoms with Gasteiger partial charge in [0.25, 0.3) is 0 Å². The minimum absolute atomic E-state index is 0.0241. The number of ether oxygens (including phenoxy) is 3. The fourth-order valence-corrected chi connectivity index (χ4v) is 3.13. The van der Waals surface area contributed by atoms with Crippen LogP contribution in [-0.4, -0.2) is 24.4 Å². The SMILES string of the molecule is COc1cc2c3c(ccc4cc(O)c(OC)c(c43)[C@H](O)O2)c1. The quantitative estimate of drug-likeness (QED) is 0.712. The molecule has 1 heterocycles. The molecule has 0 amide bonds. The molecule has 112 valence electrons. The van der Waals surface area contributed by atoms with Crippen LogP contribution in [0.15, 0.2) is 30.3 Å². The second kappa shape index (κ2) is 4.42. The number of aromatic hydroxyl groups is 1. The zero-order chi connectivity index (χ0) is 15.4. The number of rotatable bonds is 2. The van der Waals surface area contributed by atoms with Crippen molar-refractivity contribution in [1.29, 1.82) is 0 Å². The van der Waals surface area contributed by atoms with E-state index in [-0.39, 0.29) is 11.5 Å². The Morgan fingerprint density at radius 3 is 2.41 bits per heavy atom. The van der Waals surface area contributed by atoms with E-state index in [2.05, 4.69) is 0 Å². The molecule has 2 N–H and O–H groups in total. The molecule has 3 aromatic carbocycles. The first kappa shape index (κ1) is 13.0. The lowest BCUT2D eigenvalue weighted by Crippen LogP contribution is -2.13. The minimum Gasteiger partial charge on any atom is -0.504 e. The molecule has 5 heteroatoms. The molecule has 0 aliphatic carbocycles. The van der Waals surface area contributed by atoms with Gasteiger partial charge in [0.1, 0.15) is 11.5 Å². The standard InChI is InChI=1S/C17H14O5/c1-20-10-5-8-3-4-9-6-11(18)16(21-2)15-14(9)13(8)12(7-10)22-17(15)19/h3-7,17-19H,1-2H3/t17-/m1/s1. The van der Waals surface area contributed by atoms with Crippen LogP contribution in [0.2, 0.25) is 0 Å². The highest BCUT2D eigenvalue weighted by atomic mass is 16.6. The Kier molecular flexibility index (Phi) is 2.62. The van der Waals surface area contributed by atoms with Crippen LogP contribution >= 0.6 is 0 Å². The third-order valence-electron chi connectivity index (χ3n) is 4.05. The average Bonchev–Trinajstić information content (AvgIpc) is 2.52. The van der Waals surface area contributed by atoms with Gasteiger partial charge in [-0.25, -0.2) is 0 Å². The third-order valence-corrected chi connectivity index (χ3v) is 4.05. The highest BCUT2D eigenvalue weighted by Gasteiger charge is 2.29. The highest BCUT2D eigenvalue weighted by Crippen LogP contribution is 2.49. The van der Waals surface area contributed by atoms with E-state index in [1.54, 1.807) is 19.2 Å². The number of hydrogen-bond donors (Lipinski definition) is 2. The van der Waals surface area contributed by atoms with Crippen LogP contribution in [-0.2, 0) is 0 Å². The lowest BCUT2D eigenvalue weighted by molar-refractivity contribution is -0.0205. The van der Waals surface area contributed by atoms with Crippen molar-refractivity contribution in [3.63, 3.8) is 0 Å². The van der Waals surface area contributed by atoms with Gasteiger partial charge < -0.3 is 24.4 Å². The summed E-state index contributed by atoms with van der Waals surface area (Å²) in [6.07, 6.45) is -1.21. The zero-order valence-corrected chi connectivity index (χ0v) is 12.1. The van der Waals surface area contributed by atoms with Crippen molar-refractivity contribution >= 4 is 21.5 Å². The maximum absolute atomic E-state index is 10.4. The number of phenolic OH excluding ortho intramolecular Hbond substituents is 1. The van der Waals surface area contributed by atoms with Gasteiger partial charge in [-0.05, 0) is 22.9 Å². The number of aliphatic hydroxyl groups excluding tert-OH is 1. The molecular weight excluding hydrogens is 284 g/mol. The monoisotopic (exact) mass is 298 g/mol. The predicted octanol–water partition coefficient (Wildman–Crippen LogP) is 3.10. The molecule has 0 saturated carbocycles. The molecule has 1 aliphatic heterocycles. The van der Waals surface area contributed by atoms with Crippen molar-refractivity contribution in [1.82, 2.24) is 0 Å². The molecule has 0 aromatic heterocycles. The first-order chi connectivity index (χ1) is 10.6. The normalized spacial score (nSPS) is 16.0. The molecule has 1 aliphatic rings. The van der Waals surface area contributed by atoms with E-state index in [4.69, 9.17) is 14.2 Å². The Morgan fingerprint density at radius 2 is 1.73 bits per heavy atom. The van der Waals surface area contributed by atoms with Gasteiger partial charge >= 0.3 is 0 Å². The van der Waals surface area contributed by atoms with E-state index in [9.17, 15) is 10.2 Å². The number of hydrogen-bond acceptors (Lipinski definition) is 5. The van der Waals surface area contributed by atoms with Gasteiger partial charge in [-0.1, -0.05) is 12.1 Å². The van der Waals surface area contributed by atoms with Crippen LogP contribution < -0.4 is 14.2 Å². The van der Waals surface area contributed by atoms with Gasteiger partial charge in [-0.3, -0.25) is 0 Å². The van der Waals surface area contributed by atoms with E-state index in [0.29, 0.717) is 17.1 Å². The molecule has 0 spiro atoms. The van der Waals surface area contributed by atoms with E-state index < -0.39 is 6.29 Å². The summed E-state index contributed by atoms with van der Waals surface area (Å²) in [6, 6.07) is 9.10. The molecular formula is C17H14O5. The average molecular weight is 298 g/mol. The summed E-state index contributed by atoms with van der Waals surface area (Å²) in [5, 5.41) is 23.9. The van der Waals surface area contributed by atoms with Crippen LogP contribution in [0.1, 0.15) is 11.9 Å². The molecule has 0 saturated heterocycles. The van der Waals surface area contributed by atoms with Gasteiger partial charge in [-0.15, -0.1) is 0 Å². The molecule has 1 atom stereocenters. The van der Waals surface area contributed by atoms with E-state index in [1.165, 1.54) is 7.11 Å². The van der Waals surface area contributed by atoms with Crippen LogP contribution in [0.5, 0.6) is 23.0 Å². The second-order valence-electron chi connectivity index (χ2n) is 5.20. The maximum Gasteiger partial charge on any atom is 0.228 e. The fraction of sp³-hybridized carbons (Fsp3) is 0.176. The van der Waals surface area contributed by atoms with Crippen LogP contribution in [0, 0.1) is 0 Å². The summed E-state index contributed by atoms with van der Waals surface area (Å²) >= 11 is 0. The minimum atomic E-state index is -1.21. The molecule has 5 nitrogen and oxygen atoms in total. The number of aliphatic hydroxyl groups is 1. The molecule has 3 aromatic rings. The Balaban J connectivity index is 2.25. The van der Waals surface area contributed by atoms with Gasteiger partial charge in [0.2, 0.25) is 6.29 Å². The van der Waals surface area contributed by atoms with Gasteiger partial charge in [0, 0.05) is 16.8 Å². The molecule has 0 radical (unpaired) electrons. The smallest absolute Gasteiger partial charge is 0.228 e. The summed E-state index contributed by atoms with van der Waals surface area (Å²) in [6.45, 7) is 0. The Morgan fingerprint density at radius 1 is 1.00 bits per heavy atom. The lowest BCUT2D eigenvalue weighted by Gasteiger charge is -2.26. The molecule has 0 bridgehead atoms. The van der Waals surface area contributed by atoms with Crippen molar-refractivity contribution in [3.05, 3.63) is 35.9 Å². The van der Waals surface area contributed by atoms with E-state index in [0.717, 1.165) is 21.5 Å². The second-order valence-corrected chi connectivity index (χ2v) is 5.20. The number of methoxy groups -OCH3 is 2. The lowest BCUT2D eigenvalue weighted by atomic mass is 9.93. The highest BCUT2D eigenvalue weighted by molar-refractivity contribution is 6.14. The summed E-state index contributed by atoms with van der Waals surface area (Å²) in [4.78, 5) is 0. The van der Waals surface area contributed by atoms with E-state index >= 15 is 0 Å². The summed E-state index contributed by atoms with van der Waals surface area (Å²) in [7, 11) is 3.04. The predicted molar refractivity (Wildman–Crippen MR) is 81.8 cm³/mol. The number of phenols is 1. The van der Waals surface area contributed by atoms with Crippen molar-refractivity contribution in [2.24, 2.45) is 0 Å². The zero-order valence-electron chi connectivity index (χ0n) is 12.1. The topological polar surface area (TPSA) is 68.2 Å². The Labute approximate surface area is 126 Å². The Bertz CT molecular complexity index is 916. The third kappa shape index (κ3) is 1.57. The van der Waals surface area contributed by atoms with Gasteiger partial charge in [0.05, 0.1) is 19.8 Å². The van der Waals surface area contributed by atoms with Crippen LogP contribution in [0.3, 0.4) is 0 Å². The largest absolute Gasteiger partial charge is 0.504 e. The van der Waals surface area contributed by atoms with Crippen molar-refractivity contribution < 1.29 is 24.4 Å². The first-order valence-corrected chi connectivity index (χ1v) is 6.83.